The number of hydrogen-bond acceptors (Lipinski definition) is 5. The third-order valence-electron chi connectivity index (χ3n) is 5.67. The zero-order valence-corrected chi connectivity index (χ0v) is 18.7. The molecule has 0 spiro atoms. The minimum Gasteiger partial charge on any atom is -0.411 e. The number of ether oxygens (including phenoxy) is 1. The van der Waals surface area contributed by atoms with Crippen LogP contribution in [0.1, 0.15) is 51.0 Å². The van der Waals surface area contributed by atoms with Gasteiger partial charge in [-0.05, 0) is 55.2 Å². The molecule has 8 heteroatoms. The number of benzene rings is 2. The molecule has 2 aromatic rings. The zero-order chi connectivity index (χ0) is 22.3. The molecular formula is C23H31N3O4S. The highest BCUT2D eigenvalue weighted by atomic mass is 32.2. The van der Waals surface area contributed by atoms with E-state index in [1.807, 2.05) is 12.1 Å². The van der Waals surface area contributed by atoms with Crippen molar-refractivity contribution in [2.75, 3.05) is 4.72 Å². The Labute approximate surface area is 184 Å². The standard InChI is InChI=1S/C23H31N3O4S/c1-17(15-18-7-3-2-4-8-18)25-16-19-9-5-6-10-22(19)26-31(28,29)21-13-11-20(12-14-21)30-23(24)27/h5-6,9-14,17-18,25-26H,2-4,7-8,15-16H2,1H3,(H2,24,27). The number of sulfonamides is 1. The smallest absolute Gasteiger partial charge is 0.409 e. The number of para-hydroxylation sites is 1. The summed E-state index contributed by atoms with van der Waals surface area (Å²) in [5.41, 5.74) is 6.40. The molecule has 7 nitrogen and oxygen atoms in total. The molecule has 168 valence electrons. The molecule has 1 fully saturated rings. The molecule has 1 aliphatic rings. The SMILES string of the molecule is CC(CC1CCCCC1)NCc1ccccc1NS(=O)(=O)c1ccc(OC(N)=O)cc1. The number of hydrogen-bond donors (Lipinski definition) is 3. The van der Waals surface area contributed by atoms with Crippen LogP contribution in [0.4, 0.5) is 10.5 Å². The number of primary amides is 1. The van der Waals surface area contributed by atoms with Crippen molar-refractivity contribution in [3.63, 3.8) is 0 Å². The summed E-state index contributed by atoms with van der Waals surface area (Å²) in [6.45, 7) is 2.77. The van der Waals surface area contributed by atoms with Gasteiger partial charge in [0, 0.05) is 12.6 Å². The van der Waals surface area contributed by atoms with Crippen LogP contribution in [0.15, 0.2) is 53.4 Å². The number of rotatable bonds is 9. The first-order chi connectivity index (χ1) is 14.8. The average Bonchev–Trinajstić information content (AvgIpc) is 2.73. The molecule has 0 saturated heterocycles. The highest BCUT2D eigenvalue weighted by Gasteiger charge is 2.18. The minimum atomic E-state index is -3.79. The van der Waals surface area contributed by atoms with Gasteiger partial charge in [-0.15, -0.1) is 0 Å². The summed E-state index contributed by atoms with van der Waals surface area (Å²) < 4.78 is 33.1. The lowest BCUT2D eigenvalue weighted by atomic mass is 9.85. The van der Waals surface area contributed by atoms with Gasteiger partial charge in [0.15, 0.2) is 0 Å². The van der Waals surface area contributed by atoms with Crippen LogP contribution in [-0.4, -0.2) is 20.6 Å². The molecular weight excluding hydrogens is 414 g/mol. The van der Waals surface area contributed by atoms with E-state index in [-0.39, 0.29) is 10.6 Å². The molecule has 1 atom stereocenters. The summed E-state index contributed by atoms with van der Waals surface area (Å²) >= 11 is 0. The van der Waals surface area contributed by atoms with E-state index in [2.05, 4.69) is 17.0 Å². The summed E-state index contributed by atoms with van der Waals surface area (Å²) in [7, 11) is -3.79. The largest absolute Gasteiger partial charge is 0.411 e. The molecule has 4 N–H and O–H groups in total. The number of anilines is 1. The molecule has 0 radical (unpaired) electrons. The molecule has 1 saturated carbocycles. The fourth-order valence-corrected chi connectivity index (χ4v) is 5.17. The van der Waals surface area contributed by atoms with Gasteiger partial charge in [0.25, 0.3) is 10.0 Å². The summed E-state index contributed by atoms with van der Waals surface area (Å²) in [6.07, 6.45) is 6.83. The fourth-order valence-electron chi connectivity index (χ4n) is 4.07. The maximum atomic E-state index is 12.8. The molecule has 0 heterocycles. The predicted molar refractivity (Wildman–Crippen MR) is 121 cm³/mol. The highest BCUT2D eigenvalue weighted by Crippen LogP contribution is 2.27. The van der Waals surface area contributed by atoms with Crippen LogP contribution in [0.2, 0.25) is 0 Å². The fraction of sp³-hybridized carbons (Fsp3) is 0.435. The molecule has 31 heavy (non-hydrogen) atoms. The second-order valence-electron chi connectivity index (χ2n) is 8.18. The molecule has 2 aromatic carbocycles. The second kappa shape index (κ2) is 10.6. The third-order valence-corrected chi connectivity index (χ3v) is 7.05. The minimum absolute atomic E-state index is 0.0674. The van der Waals surface area contributed by atoms with Gasteiger partial charge in [-0.25, -0.2) is 13.2 Å². The average molecular weight is 446 g/mol. The van der Waals surface area contributed by atoms with Crippen molar-refractivity contribution < 1.29 is 17.9 Å². The van der Waals surface area contributed by atoms with Crippen molar-refractivity contribution in [3.8, 4) is 5.75 Å². The lowest BCUT2D eigenvalue weighted by Crippen LogP contribution is -2.29. The summed E-state index contributed by atoms with van der Waals surface area (Å²) in [5, 5.41) is 3.54. The van der Waals surface area contributed by atoms with Gasteiger partial charge in [0.05, 0.1) is 10.6 Å². The monoisotopic (exact) mass is 445 g/mol. The van der Waals surface area contributed by atoms with Crippen LogP contribution in [0, 0.1) is 5.92 Å². The Hall–Kier alpha value is -2.58. The van der Waals surface area contributed by atoms with E-state index in [1.165, 1.54) is 56.4 Å². The molecule has 1 unspecified atom stereocenters. The maximum absolute atomic E-state index is 12.8. The van der Waals surface area contributed by atoms with Crippen molar-refractivity contribution in [2.45, 2.75) is 62.9 Å². The Morgan fingerprint density at radius 1 is 1.10 bits per heavy atom. The molecule has 3 rings (SSSR count). The van der Waals surface area contributed by atoms with Crippen LogP contribution < -0.4 is 20.5 Å². The van der Waals surface area contributed by atoms with Crippen LogP contribution in [-0.2, 0) is 16.6 Å². The van der Waals surface area contributed by atoms with Crippen LogP contribution in [0.3, 0.4) is 0 Å². The second-order valence-corrected chi connectivity index (χ2v) is 9.86. The highest BCUT2D eigenvalue weighted by molar-refractivity contribution is 7.92. The number of amides is 1. The first kappa shape index (κ1) is 23.1. The number of carbonyl (C=O) groups is 1. The van der Waals surface area contributed by atoms with Gasteiger partial charge in [-0.1, -0.05) is 50.3 Å². The van der Waals surface area contributed by atoms with Crippen molar-refractivity contribution in [2.24, 2.45) is 11.7 Å². The summed E-state index contributed by atoms with van der Waals surface area (Å²) in [6, 6.07) is 13.3. The van der Waals surface area contributed by atoms with Crippen molar-refractivity contribution >= 4 is 21.8 Å². The van der Waals surface area contributed by atoms with E-state index in [9.17, 15) is 13.2 Å². The summed E-state index contributed by atoms with van der Waals surface area (Å²) in [5.74, 6) is 0.967. The van der Waals surface area contributed by atoms with E-state index < -0.39 is 16.1 Å². The van der Waals surface area contributed by atoms with E-state index in [0.29, 0.717) is 18.3 Å². The van der Waals surface area contributed by atoms with Crippen LogP contribution in [0.25, 0.3) is 0 Å². The topological polar surface area (TPSA) is 111 Å². The van der Waals surface area contributed by atoms with E-state index in [1.54, 1.807) is 12.1 Å². The Balaban J connectivity index is 1.63. The van der Waals surface area contributed by atoms with Crippen LogP contribution in [0.5, 0.6) is 5.75 Å². The first-order valence-electron chi connectivity index (χ1n) is 10.7. The van der Waals surface area contributed by atoms with Gasteiger partial charge in [0.2, 0.25) is 0 Å². The van der Waals surface area contributed by atoms with Gasteiger partial charge >= 0.3 is 6.09 Å². The normalized spacial score (nSPS) is 15.9. The Kier molecular flexibility index (Phi) is 7.92. The third kappa shape index (κ3) is 6.97. The quantitative estimate of drug-likeness (QED) is 0.530. The van der Waals surface area contributed by atoms with Gasteiger partial charge < -0.3 is 15.8 Å². The lowest BCUT2D eigenvalue weighted by molar-refractivity contribution is 0.211. The Morgan fingerprint density at radius 2 is 1.77 bits per heavy atom. The number of nitrogens with two attached hydrogens (primary N) is 1. The van der Waals surface area contributed by atoms with Gasteiger partial charge in [0.1, 0.15) is 5.75 Å². The molecule has 0 aromatic heterocycles. The number of nitrogens with one attached hydrogen (secondary N) is 2. The molecule has 1 amide bonds. The van der Waals surface area contributed by atoms with Crippen molar-refractivity contribution in [3.05, 3.63) is 54.1 Å². The van der Waals surface area contributed by atoms with Crippen LogP contribution >= 0.6 is 0 Å². The van der Waals surface area contributed by atoms with E-state index >= 15 is 0 Å². The molecule has 0 bridgehead atoms. The zero-order valence-electron chi connectivity index (χ0n) is 17.8. The predicted octanol–water partition coefficient (Wildman–Crippen LogP) is 4.39. The van der Waals surface area contributed by atoms with E-state index in [0.717, 1.165) is 17.9 Å². The Bertz CT molecular complexity index is 971. The van der Waals surface area contributed by atoms with Gasteiger partial charge in [-0.3, -0.25) is 4.72 Å². The first-order valence-corrected chi connectivity index (χ1v) is 12.2. The number of carbonyl (C=O) groups excluding carboxylic acids is 1. The van der Waals surface area contributed by atoms with Gasteiger partial charge in [-0.2, -0.15) is 0 Å². The van der Waals surface area contributed by atoms with E-state index in [4.69, 9.17) is 10.5 Å². The van der Waals surface area contributed by atoms with Crippen molar-refractivity contribution in [1.29, 1.82) is 0 Å². The molecule has 1 aliphatic carbocycles. The summed E-state index contributed by atoms with van der Waals surface area (Å²) in [4.78, 5) is 10.9. The van der Waals surface area contributed by atoms with Crippen molar-refractivity contribution in [1.82, 2.24) is 5.32 Å². The maximum Gasteiger partial charge on any atom is 0.409 e. The lowest BCUT2D eigenvalue weighted by Gasteiger charge is -2.25. The Morgan fingerprint density at radius 3 is 2.45 bits per heavy atom. The molecule has 0 aliphatic heterocycles.